The minimum Gasteiger partial charge on any atom is -0.387 e. The zero-order valence-electron chi connectivity index (χ0n) is 47.0. The highest BCUT2D eigenvalue weighted by Crippen LogP contribution is 2.39. The van der Waals surface area contributed by atoms with Crippen molar-refractivity contribution in [2.45, 2.75) is 215 Å². The molecule has 21 fully saturated rings. The second-order valence-corrected chi connectivity index (χ2v) is 21.6. The molecule has 0 radical (unpaired) electrons. The van der Waals surface area contributed by atoms with Crippen molar-refractivity contribution >= 4 is 0 Å². The molecule has 0 aromatic carbocycles. The van der Waals surface area contributed by atoms with Crippen LogP contribution in [-0.4, -0.2) is 382 Å². The lowest BCUT2D eigenvalue weighted by Crippen LogP contribution is -2.68. The molecule has 21 rings (SSSR count). The fourth-order valence-corrected chi connectivity index (χ4v) is 11.5. The fourth-order valence-electron chi connectivity index (χ4n) is 11.5. The number of aliphatic hydroxyl groups is 14. The maximum atomic E-state index is 11.7. The molecule has 21 aliphatic heterocycles. The molecule has 84 heavy (non-hydrogen) atoms. The molecule has 0 aromatic rings. The highest BCUT2D eigenvalue weighted by atomic mass is 16.8. The molecule has 21 saturated heterocycles. The van der Waals surface area contributed by atoms with E-state index in [1.54, 1.807) is 0 Å². The van der Waals surface area contributed by atoms with Gasteiger partial charge >= 0.3 is 0 Å². The maximum absolute atomic E-state index is 11.7. The number of ether oxygens (including phenoxy) is 21. The van der Waals surface area contributed by atoms with Crippen LogP contribution >= 0.6 is 0 Å². The van der Waals surface area contributed by atoms with Gasteiger partial charge in [-0.3, -0.25) is 0 Å². The van der Waals surface area contributed by atoms with Gasteiger partial charge in [-0.05, 0) is 0 Å². The predicted octanol–water partition coefficient (Wildman–Crippen LogP) is -10.7. The first-order valence-electron chi connectivity index (χ1n) is 27.3. The normalized spacial score (nSPS) is 51.8. The van der Waals surface area contributed by atoms with Gasteiger partial charge in [-0.2, -0.15) is 0 Å². The summed E-state index contributed by atoms with van der Waals surface area (Å²) in [5, 5.41) is 163. The topological polar surface area (TPSA) is 477 Å². The molecule has 490 valence electrons. The minimum atomic E-state index is -2.05. The van der Waals surface area contributed by atoms with Gasteiger partial charge in [0, 0.05) is 49.8 Å². The Morgan fingerprint density at radius 1 is 0.179 bits per heavy atom. The molecular weight excluding hydrogens is 1150 g/mol. The van der Waals surface area contributed by atoms with Gasteiger partial charge in [0.2, 0.25) is 0 Å². The third-order valence-electron chi connectivity index (χ3n) is 15.8. The number of rotatable bonds is 14. The van der Waals surface area contributed by atoms with Gasteiger partial charge in [0.1, 0.15) is 171 Å². The summed E-state index contributed by atoms with van der Waals surface area (Å²) in [7, 11) is 8.84. The average Bonchev–Trinajstić information content (AvgIpc) is 2.54. The lowest BCUT2D eigenvalue weighted by Gasteiger charge is -2.50. The van der Waals surface area contributed by atoms with Crippen LogP contribution < -0.4 is 0 Å². The minimum absolute atomic E-state index is 0.393. The van der Waals surface area contributed by atoms with E-state index in [-0.39, 0.29) is 0 Å². The first-order chi connectivity index (χ1) is 40.2. The van der Waals surface area contributed by atoms with Crippen molar-refractivity contribution in [3.8, 4) is 0 Å². The predicted molar refractivity (Wildman–Crippen MR) is 262 cm³/mol. The van der Waals surface area contributed by atoms with Crippen LogP contribution in [0.1, 0.15) is 0 Å². The summed E-state index contributed by atoms with van der Waals surface area (Å²) in [6.45, 7) is -2.75. The number of hydrogen-bond acceptors (Lipinski definition) is 35. The van der Waals surface area contributed by atoms with Crippen LogP contribution in [0.4, 0.5) is 0 Å². The van der Waals surface area contributed by atoms with Gasteiger partial charge in [-0.25, -0.2) is 0 Å². The van der Waals surface area contributed by atoms with Gasteiger partial charge < -0.3 is 171 Å². The zero-order chi connectivity index (χ0) is 61.0. The van der Waals surface area contributed by atoms with E-state index in [9.17, 15) is 71.5 Å². The Morgan fingerprint density at radius 2 is 0.286 bits per heavy atom. The third kappa shape index (κ3) is 14.5. The molecule has 0 spiro atoms. The molecule has 35 nitrogen and oxygen atoms in total. The van der Waals surface area contributed by atoms with Crippen molar-refractivity contribution in [2.24, 2.45) is 0 Å². The lowest BCUT2D eigenvalue weighted by atomic mass is 9.95. The van der Waals surface area contributed by atoms with Crippen LogP contribution in [0.25, 0.3) is 0 Å². The van der Waals surface area contributed by atoms with Crippen molar-refractivity contribution in [1.29, 1.82) is 0 Å². The second kappa shape index (κ2) is 30.6. The van der Waals surface area contributed by atoms with E-state index >= 15 is 0 Å². The van der Waals surface area contributed by atoms with Gasteiger partial charge in [0.15, 0.2) is 44.0 Å². The summed E-state index contributed by atoms with van der Waals surface area (Å²) >= 11 is 0. The molecule has 0 aliphatic carbocycles. The van der Waals surface area contributed by atoms with Crippen molar-refractivity contribution < 1.29 is 171 Å². The highest BCUT2D eigenvalue weighted by Gasteiger charge is 2.60. The van der Waals surface area contributed by atoms with E-state index in [2.05, 4.69) is 0 Å². The summed E-state index contributed by atoms with van der Waals surface area (Å²) in [4.78, 5) is 0. The van der Waals surface area contributed by atoms with Gasteiger partial charge in [-0.15, -0.1) is 0 Å². The average molecular weight is 1230 g/mol. The molecule has 0 unspecified atom stereocenters. The van der Waals surface area contributed by atoms with Crippen LogP contribution in [0.3, 0.4) is 0 Å². The summed E-state index contributed by atoms with van der Waals surface area (Å²) in [6.07, 6.45) is -62.6. The number of hydrogen-bond donors (Lipinski definition) is 14. The van der Waals surface area contributed by atoms with Crippen molar-refractivity contribution in [1.82, 2.24) is 0 Å². The molecule has 21 aliphatic rings. The SMILES string of the molecule is COC[C@@H]1O[C@@H]2O[C@@H]3[C@@H](O)[C@H](O)[C@@H](O[C@@H]4[C@@H](O)[C@H](O)[C@@H](O[C@@H]5[C@@H](O)[C@H](O)[C@@H](O[C@@H]6[C@H](O)[C@H](O)[C@H](O[C@@H]7[C@H](O)[C@H](O)[C@H](O[C@@H]8[C@H](O)[C@H](O)[C@H](O[C@@H]1[C@@H](O)[C@@H]2O)O[C@@H]8COC)O[C@@H]7COC)O[C@@H]6COC)O[C@@H]5COC)O[C@@H]4COC)O[C@@H]3COC. The Morgan fingerprint density at radius 3 is 0.381 bits per heavy atom. The lowest BCUT2D eigenvalue weighted by molar-refractivity contribution is -0.397. The van der Waals surface area contributed by atoms with Crippen molar-refractivity contribution in [3.63, 3.8) is 0 Å². The van der Waals surface area contributed by atoms with Crippen LogP contribution in [0.2, 0.25) is 0 Å². The molecular formula is C49H84O35. The molecule has 0 saturated carbocycles. The first kappa shape index (κ1) is 68.5. The van der Waals surface area contributed by atoms with Crippen LogP contribution in [0.15, 0.2) is 0 Å². The smallest absolute Gasteiger partial charge is 0.187 e. The first-order valence-corrected chi connectivity index (χ1v) is 27.3. The van der Waals surface area contributed by atoms with Crippen LogP contribution in [0, 0.1) is 0 Å². The van der Waals surface area contributed by atoms with E-state index in [0.29, 0.717) is 0 Å². The van der Waals surface area contributed by atoms with Crippen molar-refractivity contribution in [2.75, 3.05) is 96.0 Å². The standard InChI is InChI=1S/C49H84O35/c1-64-8-15-36-22(50)29(57)43(71-15)79-37-16(9-65-2)73-45(31(59)24(37)52)81-39-18(11-67-4)75-47(33(61)26(39)54)83-41-20(13-69-6)77-49(35(63)28(41)56)84-42-21(14-70-7)76-48(34(62)27(42)55)82-40-19(12-68-5)74-46(32(60)25(40)53)80-38-17(10-66-3)72-44(78-36)30(58)23(38)51/h15-63H,8-14H2,1-7H3/t15-,16-,17-,18-,19-,20-,21+,22+,23+,24-,25+,26-,27+,28-,29+,30+,31+,32+,33+,34+,35+,36+,37+,38+,39+,40+,41+,42+,43-,44-,45+,46-,47+,48-,49+/m1/s1. The summed E-state index contributed by atoms with van der Waals surface area (Å²) in [5.74, 6) is 0. The van der Waals surface area contributed by atoms with Gasteiger partial charge in [0.05, 0.1) is 46.2 Å². The molecule has 21 heterocycles. The quantitative estimate of drug-likeness (QED) is 0.0768. The third-order valence-corrected chi connectivity index (χ3v) is 15.8. The van der Waals surface area contributed by atoms with Gasteiger partial charge in [0.25, 0.3) is 0 Å². The van der Waals surface area contributed by atoms with Gasteiger partial charge in [-0.1, -0.05) is 0 Å². The Balaban J connectivity index is 1.12. The van der Waals surface area contributed by atoms with E-state index in [0.717, 1.165) is 0 Å². The Bertz CT molecular complexity index is 1590. The molecule has 35 heteroatoms. The number of aliphatic hydroxyl groups excluding tert-OH is 14. The fraction of sp³-hybridized carbons (Fsp3) is 1.00. The maximum Gasteiger partial charge on any atom is 0.187 e. The van der Waals surface area contributed by atoms with E-state index in [4.69, 9.17) is 99.5 Å². The van der Waals surface area contributed by atoms with Crippen molar-refractivity contribution in [3.05, 3.63) is 0 Å². The van der Waals surface area contributed by atoms with Crippen LogP contribution in [0.5, 0.6) is 0 Å². The largest absolute Gasteiger partial charge is 0.387 e. The van der Waals surface area contributed by atoms with Crippen LogP contribution in [-0.2, 0) is 99.5 Å². The van der Waals surface area contributed by atoms with E-state index in [1.807, 2.05) is 0 Å². The zero-order valence-corrected chi connectivity index (χ0v) is 47.0. The number of methoxy groups -OCH3 is 7. The molecule has 0 amide bonds. The monoisotopic (exact) mass is 1230 g/mol. The molecule has 0 aromatic heterocycles. The molecule has 35 atom stereocenters. The Labute approximate surface area is 481 Å². The molecule has 14 N–H and O–H groups in total. The summed E-state index contributed by atoms with van der Waals surface area (Å²) in [6, 6.07) is 0. The Hall–Kier alpha value is -1.40. The summed E-state index contributed by atoms with van der Waals surface area (Å²) in [5.41, 5.74) is 0. The summed E-state index contributed by atoms with van der Waals surface area (Å²) < 4.78 is 122. The molecule has 14 bridgehead atoms. The van der Waals surface area contributed by atoms with E-state index in [1.165, 1.54) is 49.8 Å². The highest BCUT2D eigenvalue weighted by molar-refractivity contribution is 5.02. The second-order valence-electron chi connectivity index (χ2n) is 21.6. The Kier molecular flexibility index (Phi) is 25.0. The van der Waals surface area contributed by atoms with E-state index < -0.39 is 261 Å².